The molecule has 7 rings (SSSR count). The van der Waals surface area contributed by atoms with Gasteiger partial charge in [0.1, 0.15) is 36.3 Å². The smallest absolute Gasteiger partial charge is 0.243 e. The first kappa shape index (κ1) is 48.9. The molecule has 15 N–H and O–H groups in total. The van der Waals surface area contributed by atoms with Gasteiger partial charge >= 0.3 is 0 Å². The molecular formula is C49H60N14O6. The summed E-state index contributed by atoms with van der Waals surface area (Å²) < 4.78 is 0. The van der Waals surface area contributed by atoms with Crippen LogP contribution in [0.2, 0.25) is 0 Å². The zero-order valence-corrected chi connectivity index (χ0v) is 38.1. The number of aromatic amines is 3. The van der Waals surface area contributed by atoms with Crippen molar-refractivity contribution in [3.05, 3.63) is 126 Å². The molecule has 6 amide bonds. The summed E-state index contributed by atoms with van der Waals surface area (Å²) in [5.41, 5.74) is 21.3. The Kier molecular flexibility index (Phi) is 16.8. The molecule has 0 saturated carbocycles. The number of para-hydroxylation sites is 2. The van der Waals surface area contributed by atoms with Crippen molar-refractivity contribution in [1.29, 1.82) is 0 Å². The molecule has 0 spiro atoms. The number of aromatic nitrogens is 4. The van der Waals surface area contributed by atoms with Gasteiger partial charge in [0.2, 0.25) is 35.4 Å². The van der Waals surface area contributed by atoms with Crippen molar-refractivity contribution in [2.45, 2.75) is 94.0 Å². The number of nitrogens with two attached hydrogens (primary N) is 3. The molecule has 1 saturated heterocycles. The lowest BCUT2D eigenvalue weighted by Gasteiger charge is -2.29. The van der Waals surface area contributed by atoms with E-state index in [0.717, 1.165) is 21.8 Å². The Bertz CT molecular complexity index is 2730. The molecule has 0 radical (unpaired) electrons. The molecule has 20 heteroatoms. The summed E-state index contributed by atoms with van der Waals surface area (Å²) >= 11 is 0. The molecule has 1 aliphatic rings. The van der Waals surface area contributed by atoms with Crippen molar-refractivity contribution in [3.8, 4) is 0 Å². The van der Waals surface area contributed by atoms with Crippen molar-refractivity contribution in [1.82, 2.24) is 51.8 Å². The number of rotatable bonds is 16. The summed E-state index contributed by atoms with van der Waals surface area (Å²) in [5.74, 6) is -4.32. The van der Waals surface area contributed by atoms with Crippen LogP contribution in [0.5, 0.6) is 0 Å². The number of nitrogens with one attached hydrogen (secondary N) is 9. The molecule has 0 unspecified atom stereocenters. The number of fused-ring (bicyclic) bond motifs is 2. The van der Waals surface area contributed by atoms with Gasteiger partial charge in [-0.15, -0.1) is 0 Å². The van der Waals surface area contributed by atoms with E-state index < -0.39 is 71.7 Å². The molecular weight excluding hydrogens is 881 g/mol. The Labute approximate surface area is 398 Å². The van der Waals surface area contributed by atoms with Crippen LogP contribution in [-0.2, 0) is 54.5 Å². The van der Waals surface area contributed by atoms with Crippen molar-refractivity contribution in [3.63, 3.8) is 0 Å². The highest BCUT2D eigenvalue weighted by atomic mass is 16.2. The minimum Gasteiger partial charge on any atom is -0.370 e. The fraction of sp³-hybridized carbons (Fsp3) is 0.347. The number of hydrogen-bond acceptors (Lipinski definition) is 9. The predicted octanol–water partition coefficient (Wildman–Crippen LogP) is 0.748. The fourth-order valence-corrected chi connectivity index (χ4v) is 8.51. The Morgan fingerprint density at radius 3 is 1.45 bits per heavy atom. The maximum absolute atomic E-state index is 14.8. The number of unbranched alkanes of at least 4 members (excludes halogenated alkanes) is 1. The zero-order valence-electron chi connectivity index (χ0n) is 38.1. The third-order valence-electron chi connectivity index (χ3n) is 12.1. The number of hydrogen-bond donors (Lipinski definition) is 12. The van der Waals surface area contributed by atoms with Crippen LogP contribution < -0.4 is 49.1 Å². The van der Waals surface area contributed by atoms with Gasteiger partial charge in [-0.25, -0.2) is 4.98 Å². The van der Waals surface area contributed by atoms with Crippen LogP contribution in [0, 0.1) is 0 Å². The summed E-state index contributed by atoms with van der Waals surface area (Å²) in [7, 11) is 0. The Balaban J connectivity index is 1.30. The van der Waals surface area contributed by atoms with Gasteiger partial charge in [0.15, 0.2) is 5.96 Å². The average molecular weight is 941 g/mol. The SMILES string of the molecule is NCCCC[C@@H]1NC(=O)[C@@H](Cc2c[nH]c3ccccc23)NC(=O)[C@H](Cc2cnc[nH]2)NC(=O)[C@@H](Cc2ccccc2)NC(=O)[C@H](Cc2c[nH]c3ccccc23)NC(=O)[C@@H](CCCN=C(N)N)NC1=O. The van der Waals surface area contributed by atoms with Gasteiger partial charge in [-0.2, -0.15) is 0 Å². The van der Waals surface area contributed by atoms with Crippen LogP contribution in [0.25, 0.3) is 21.8 Å². The average Bonchev–Trinajstić information content (AvgIpc) is 4.12. The zero-order chi connectivity index (χ0) is 48.7. The number of nitrogens with zero attached hydrogens (tertiary/aromatic N) is 2. The van der Waals surface area contributed by atoms with Gasteiger partial charge in [0.25, 0.3) is 0 Å². The first-order valence-electron chi connectivity index (χ1n) is 23.1. The van der Waals surface area contributed by atoms with Gasteiger partial charge in [-0.05, 0) is 67.5 Å². The van der Waals surface area contributed by atoms with Gasteiger partial charge < -0.3 is 64.1 Å². The molecule has 6 aromatic rings. The lowest BCUT2D eigenvalue weighted by Crippen LogP contribution is -2.62. The van der Waals surface area contributed by atoms with Crippen LogP contribution >= 0.6 is 0 Å². The van der Waals surface area contributed by atoms with E-state index in [1.54, 1.807) is 36.7 Å². The van der Waals surface area contributed by atoms with Crippen LogP contribution in [-0.4, -0.2) is 111 Å². The van der Waals surface area contributed by atoms with Crippen molar-refractivity contribution >= 4 is 63.2 Å². The third kappa shape index (κ3) is 13.3. The molecule has 69 heavy (non-hydrogen) atoms. The summed E-state index contributed by atoms with van der Waals surface area (Å²) in [4.78, 5) is 106. The molecule has 0 bridgehead atoms. The summed E-state index contributed by atoms with van der Waals surface area (Å²) in [6.07, 6.45) is 7.74. The molecule has 1 fully saturated rings. The van der Waals surface area contributed by atoms with Crippen LogP contribution in [0.1, 0.15) is 54.5 Å². The quantitative estimate of drug-likeness (QED) is 0.0367. The van der Waals surface area contributed by atoms with Crippen molar-refractivity contribution in [2.24, 2.45) is 22.2 Å². The van der Waals surface area contributed by atoms with Gasteiger partial charge in [-0.3, -0.25) is 33.8 Å². The first-order chi connectivity index (χ1) is 33.4. The monoisotopic (exact) mass is 940 g/mol. The summed E-state index contributed by atoms with van der Waals surface area (Å²) in [6.45, 7) is 0.456. The molecule has 0 aliphatic carbocycles. The molecule has 3 aromatic carbocycles. The molecule has 20 nitrogen and oxygen atoms in total. The number of carbonyl (C=O) groups excluding carboxylic acids is 6. The van der Waals surface area contributed by atoms with E-state index in [9.17, 15) is 28.8 Å². The second kappa shape index (κ2) is 23.6. The van der Waals surface area contributed by atoms with E-state index >= 15 is 0 Å². The molecule has 362 valence electrons. The van der Waals surface area contributed by atoms with Crippen LogP contribution in [0.3, 0.4) is 0 Å². The molecule has 4 heterocycles. The van der Waals surface area contributed by atoms with Crippen LogP contribution in [0.15, 0.2) is 109 Å². The highest BCUT2D eigenvalue weighted by molar-refractivity contribution is 5.99. The first-order valence-corrected chi connectivity index (χ1v) is 23.1. The van der Waals surface area contributed by atoms with Crippen molar-refractivity contribution < 1.29 is 28.8 Å². The number of guanidine groups is 1. The number of benzene rings is 3. The molecule has 1 aliphatic heterocycles. The highest BCUT2D eigenvalue weighted by Crippen LogP contribution is 2.22. The molecule has 3 aromatic heterocycles. The van der Waals surface area contributed by atoms with E-state index in [1.165, 1.54) is 12.5 Å². The minimum absolute atomic E-state index is 0.00513. The van der Waals surface area contributed by atoms with Gasteiger partial charge in [0.05, 0.1) is 6.33 Å². The second-order valence-electron chi connectivity index (χ2n) is 17.2. The Morgan fingerprint density at radius 1 is 0.507 bits per heavy atom. The largest absolute Gasteiger partial charge is 0.370 e. The van der Waals surface area contributed by atoms with E-state index in [4.69, 9.17) is 17.2 Å². The number of aliphatic imine (C=N–C) groups is 1. The van der Waals surface area contributed by atoms with E-state index in [-0.39, 0.29) is 57.5 Å². The number of imidazole rings is 1. The van der Waals surface area contributed by atoms with Gasteiger partial charge in [-0.1, -0.05) is 66.7 Å². The number of carbonyl (C=O) groups is 6. The Hall–Kier alpha value is -8.00. The lowest BCUT2D eigenvalue weighted by molar-refractivity contribution is -0.136. The maximum atomic E-state index is 14.8. The summed E-state index contributed by atoms with van der Waals surface area (Å²) in [5, 5.41) is 18.9. The van der Waals surface area contributed by atoms with E-state index in [2.05, 4.69) is 56.8 Å². The standard InChI is InChI=1S/C49H60N14O6/c50-19-9-8-17-37-43(64)58-38(18-10-20-54-49(51)52)44(65)61-41(23-31-26-56-36-16-7-5-14-34(31)36)47(68)60-39(21-29-11-2-1-3-12-29)45(66)63-42(24-32-27-53-28-57-32)48(69)62-40(46(67)59-37)22-30-25-55-35-15-6-4-13-33(30)35/h1-7,11-16,25-28,37-42,55-56H,8-10,17-24,50H2,(H,53,57)(H,58,64)(H,59,67)(H,60,68)(H,61,65)(H,62,69)(H,63,66)(H4,51,52,54)/t37-,38+,39+,40+,41-,42-/m0/s1. The number of H-pyrrole nitrogens is 3. The predicted molar refractivity (Wildman–Crippen MR) is 261 cm³/mol. The van der Waals surface area contributed by atoms with Gasteiger partial charge in [0, 0.05) is 78.3 Å². The van der Waals surface area contributed by atoms with E-state index in [1.807, 2.05) is 54.6 Å². The topological polar surface area (TPSA) is 325 Å². The lowest BCUT2D eigenvalue weighted by atomic mass is 10.00. The van der Waals surface area contributed by atoms with Crippen LogP contribution in [0.4, 0.5) is 0 Å². The minimum atomic E-state index is -1.30. The molecule has 6 atom stereocenters. The second-order valence-corrected chi connectivity index (χ2v) is 17.2. The maximum Gasteiger partial charge on any atom is 0.243 e. The summed E-state index contributed by atoms with van der Waals surface area (Å²) in [6, 6.07) is 16.4. The normalized spacial score (nSPS) is 21.0. The van der Waals surface area contributed by atoms with E-state index in [0.29, 0.717) is 41.8 Å². The van der Waals surface area contributed by atoms with Crippen molar-refractivity contribution in [2.75, 3.05) is 13.1 Å². The Morgan fingerprint density at radius 2 is 0.957 bits per heavy atom. The third-order valence-corrected chi connectivity index (χ3v) is 12.1. The highest BCUT2D eigenvalue weighted by Gasteiger charge is 2.36. The fourth-order valence-electron chi connectivity index (χ4n) is 8.51. The number of amides is 6.